The summed E-state index contributed by atoms with van der Waals surface area (Å²) in [4.78, 5) is 20.2. The van der Waals surface area contributed by atoms with Crippen LogP contribution in [-0.2, 0) is 6.54 Å². The van der Waals surface area contributed by atoms with E-state index in [1.54, 1.807) is 28.8 Å². The van der Waals surface area contributed by atoms with Gasteiger partial charge in [0, 0.05) is 12.2 Å². The van der Waals surface area contributed by atoms with Gasteiger partial charge in [0.2, 0.25) is 5.89 Å². The third-order valence-corrected chi connectivity index (χ3v) is 6.80. The normalized spacial score (nSPS) is 15.6. The molecule has 0 bridgehead atoms. The van der Waals surface area contributed by atoms with Crippen LogP contribution in [0.25, 0.3) is 22.5 Å². The number of piperidine rings is 1. The third-order valence-electron chi connectivity index (χ3n) is 6.08. The summed E-state index contributed by atoms with van der Waals surface area (Å²) < 4.78 is 33.8. The van der Waals surface area contributed by atoms with Crippen molar-refractivity contribution in [2.45, 2.75) is 31.9 Å². The highest BCUT2D eigenvalue weighted by atomic mass is 35.5. The number of benzene rings is 1. The molecule has 0 saturated carbocycles. The standard InChI is InChI=1S/C22H20Cl2F2N6O2/c1-30-6-4-14(5-7-30)32-18-9-16(24)15(23)8-17(18)31(22(32)33)11-13-3-2-12(10-27-13)20-28-29-21(34-20)19(25)26/h2-3,8-10,14,19H,4-7,11H2,1H3. The van der Waals surface area contributed by atoms with Crippen LogP contribution in [0.5, 0.6) is 0 Å². The molecule has 1 aliphatic heterocycles. The summed E-state index contributed by atoms with van der Waals surface area (Å²) in [5, 5.41) is 7.70. The van der Waals surface area contributed by atoms with Crippen LogP contribution < -0.4 is 5.69 Å². The Labute approximate surface area is 202 Å². The molecule has 0 aliphatic carbocycles. The maximum atomic E-state index is 13.5. The minimum Gasteiger partial charge on any atom is -0.415 e. The van der Waals surface area contributed by atoms with Gasteiger partial charge < -0.3 is 9.32 Å². The number of hydrogen-bond donors (Lipinski definition) is 0. The molecule has 1 aliphatic rings. The molecule has 1 aromatic carbocycles. The third kappa shape index (κ3) is 4.21. The summed E-state index contributed by atoms with van der Waals surface area (Å²) in [6.07, 6.45) is 0.312. The maximum absolute atomic E-state index is 13.5. The molecular weight excluding hydrogens is 489 g/mol. The quantitative estimate of drug-likeness (QED) is 0.384. The van der Waals surface area contributed by atoms with Gasteiger partial charge in [-0.3, -0.25) is 14.1 Å². The van der Waals surface area contributed by atoms with Crippen molar-refractivity contribution >= 4 is 34.2 Å². The number of halogens is 4. The molecule has 178 valence electrons. The van der Waals surface area contributed by atoms with Crippen LogP contribution in [0.1, 0.15) is 36.9 Å². The predicted octanol–water partition coefficient (Wildman–Crippen LogP) is 4.81. The molecule has 0 atom stereocenters. The first-order chi connectivity index (χ1) is 16.3. The first kappa shape index (κ1) is 22.9. The van der Waals surface area contributed by atoms with E-state index in [1.807, 2.05) is 4.57 Å². The molecule has 0 amide bonds. The van der Waals surface area contributed by atoms with E-state index in [-0.39, 0.29) is 24.2 Å². The maximum Gasteiger partial charge on any atom is 0.329 e. The van der Waals surface area contributed by atoms with E-state index in [2.05, 4.69) is 27.1 Å². The highest BCUT2D eigenvalue weighted by Crippen LogP contribution is 2.31. The Hall–Kier alpha value is -2.82. The number of likely N-dealkylation sites (tertiary alicyclic amines) is 1. The summed E-state index contributed by atoms with van der Waals surface area (Å²) >= 11 is 12.6. The van der Waals surface area contributed by atoms with E-state index < -0.39 is 12.3 Å². The highest BCUT2D eigenvalue weighted by molar-refractivity contribution is 6.42. The van der Waals surface area contributed by atoms with E-state index in [1.165, 1.54) is 6.20 Å². The lowest BCUT2D eigenvalue weighted by molar-refractivity contribution is 0.116. The zero-order valence-corrected chi connectivity index (χ0v) is 19.6. The molecule has 0 unspecified atom stereocenters. The number of rotatable bonds is 5. The molecule has 0 spiro atoms. The Morgan fingerprint density at radius 3 is 2.44 bits per heavy atom. The second-order valence-electron chi connectivity index (χ2n) is 8.31. The molecule has 1 saturated heterocycles. The van der Waals surface area contributed by atoms with E-state index in [0.717, 1.165) is 31.4 Å². The molecule has 0 radical (unpaired) electrons. The zero-order valence-electron chi connectivity index (χ0n) is 18.1. The number of nitrogens with zero attached hydrogens (tertiary/aromatic N) is 6. The minimum atomic E-state index is -2.84. The van der Waals surface area contributed by atoms with Crippen molar-refractivity contribution in [1.29, 1.82) is 0 Å². The smallest absolute Gasteiger partial charge is 0.329 e. The van der Waals surface area contributed by atoms with Gasteiger partial charge in [-0.1, -0.05) is 23.2 Å². The van der Waals surface area contributed by atoms with Crippen LogP contribution in [0.3, 0.4) is 0 Å². The lowest BCUT2D eigenvalue weighted by Crippen LogP contribution is -2.36. The summed E-state index contributed by atoms with van der Waals surface area (Å²) in [5.74, 6) is -0.797. The fourth-order valence-corrected chi connectivity index (χ4v) is 4.59. The summed E-state index contributed by atoms with van der Waals surface area (Å²) in [6, 6.07) is 6.81. The number of hydrogen-bond acceptors (Lipinski definition) is 6. The van der Waals surface area contributed by atoms with Crippen molar-refractivity contribution in [2.24, 2.45) is 0 Å². The van der Waals surface area contributed by atoms with Gasteiger partial charge in [0.25, 0.3) is 5.89 Å². The van der Waals surface area contributed by atoms with Gasteiger partial charge in [-0.2, -0.15) is 8.78 Å². The number of aromatic nitrogens is 5. The molecule has 4 heterocycles. The van der Waals surface area contributed by atoms with Gasteiger partial charge in [-0.25, -0.2) is 4.79 Å². The topological polar surface area (TPSA) is 82.0 Å². The largest absolute Gasteiger partial charge is 0.415 e. The molecule has 1 fully saturated rings. The van der Waals surface area contributed by atoms with Crippen molar-refractivity contribution in [3.05, 3.63) is 62.6 Å². The van der Waals surface area contributed by atoms with E-state index in [0.29, 0.717) is 26.8 Å². The van der Waals surface area contributed by atoms with Crippen molar-refractivity contribution in [1.82, 2.24) is 29.2 Å². The van der Waals surface area contributed by atoms with Crippen LogP contribution >= 0.6 is 23.2 Å². The van der Waals surface area contributed by atoms with Crippen molar-refractivity contribution in [2.75, 3.05) is 20.1 Å². The molecule has 12 heteroatoms. The lowest BCUT2D eigenvalue weighted by Gasteiger charge is -2.29. The van der Waals surface area contributed by atoms with Gasteiger partial charge in [-0.15, -0.1) is 10.2 Å². The van der Waals surface area contributed by atoms with Gasteiger partial charge in [0.05, 0.1) is 38.9 Å². The highest BCUT2D eigenvalue weighted by Gasteiger charge is 2.25. The first-order valence-corrected chi connectivity index (χ1v) is 11.4. The first-order valence-electron chi connectivity index (χ1n) is 10.7. The Kier molecular flexibility index (Phi) is 6.13. The van der Waals surface area contributed by atoms with Crippen molar-refractivity contribution < 1.29 is 13.2 Å². The monoisotopic (exact) mass is 508 g/mol. The van der Waals surface area contributed by atoms with Crippen molar-refractivity contribution in [3.8, 4) is 11.5 Å². The zero-order chi connectivity index (χ0) is 24.0. The predicted molar refractivity (Wildman–Crippen MR) is 124 cm³/mol. The number of imidazole rings is 1. The lowest BCUT2D eigenvalue weighted by atomic mass is 10.1. The summed E-state index contributed by atoms with van der Waals surface area (Å²) in [5.41, 5.74) is 2.23. The van der Waals surface area contributed by atoms with Crippen LogP contribution in [-0.4, -0.2) is 49.4 Å². The minimum absolute atomic E-state index is 0.0493. The molecule has 4 aromatic rings. The van der Waals surface area contributed by atoms with Crippen LogP contribution in [0, 0.1) is 0 Å². The van der Waals surface area contributed by atoms with Crippen LogP contribution in [0.2, 0.25) is 10.0 Å². The second kappa shape index (κ2) is 9.09. The van der Waals surface area contributed by atoms with E-state index in [9.17, 15) is 13.6 Å². The van der Waals surface area contributed by atoms with Gasteiger partial charge in [-0.05, 0) is 57.2 Å². The van der Waals surface area contributed by atoms with Gasteiger partial charge >= 0.3 is 12.1 Å². The number of fused-ring (bicyclic) bond motifs is 1. The molecular formula is C22H20Cl2F2N6O2. The fourth-order valence-electron chi connectivity index (χ4n) is 4.28. The molecule has 0 N–H and O–H groups in total. The molecule has 34 heavy (non-hydrogen) atoms. The molecule has 8 nitrogen and oxygen atoms in total. The summed E-state index contributed by atoms with van der Waals surface area (Å²) in [7, 11) is 2.07. The Bertz CT molecular complexity index is 1390. The Balaban J connectivity index is 1.50. The number of pyridine rings is 1. The summed E-state index contributed by atoms with van der Waals surface area (Å²) in [6.45, 7) is 1.99. The van der Waals surface area contributed by atoms with Crippen molar-refractivity contribution in [3.63, 3.8) is 0 Å². The van der Waals surface area contributed by atoms with Gasteiger partial charge in [0.1, 0.15) is 0 Å². The SMILES string of the molecule is CN1CCC(n2c(=O)n(Cc3ccc(-c4nnc(C(F)F)o4)cn3)c3cc(Cl)c(Cl)cc32)CC1. The Morgan fingerprint density at radius 1 is 1.12 bits per heavy atom. The van der Waals surface area contributed by atoms with Gasteiger partial charge in [0.15, 0.2) is 0 Å². The Morgan fingerprint density at radius 2 is 1.82 bits per heavy atom. The molecule has 3 aromatic heterocycles. The average molecular weight is 509 g/mol. The molecule has 5 rings (SSSR count). The second-order valence-corrected chi connectivity index (χ2v) is 9.13. The van der Waals surface area contributed by atoms with Crippen LogP contribution in [0.15, 0.2) is 39.7 Å². The van der Waals surface area contributed by atoms with E-state index in [4.69, 9.17) is 27.6 Å². The van der Waals surface area contributed by atoms with Crippen LogP contribution in [0.4, 0.5) is 8.78 Å². The fraction of sp³-hybridized carbons (Fsp3) is 0.364. The number of alkyl halides is 2. The average Bonchev–Trinajstić information content (AvgIpc) is 3.40. The van der Waals surface area contributed by atoms with E-state index >= 15 is 0 Å².